The van der Waals surface area contributed by atoms with Gasteiger partial charge in [-0.15, -0.1) is 11.3 Å². The molecule has 2 heterocycles. The molecule has 2 aromatic heterocycles. The lowest BCUT2D eigenvalue weighted by Crippen LogP contribution is -2.06. The standard InChI is InChI=1S/C11H7ClF3N3S/c12-9-4-7(11(13,14)15)5-16-10(9)18-17-6-8-2-1-3-19-8/h1-6H,(H,16,18)/b17-6-. The van der Waals surface area contributed by atoms with Gasteiger partial charge in [-0.1, -0.05) is 17.7 Å². The van der Waals surface area contributed by atoms with Crippen LogP contribution in [0.25, 0.3) is 0 Å². The van der Waals surface area contributed by atoms with Crippen molar-refractivity contribution in [3.05, 3.63) is 45.2 Å². The molecule has 0 amide bonds. The highest BCUT2D eigenvalue weighted by Crippen LogP contribution is 2.32. The fourth-order valence-corrected chi connectivity index (χ4v) is 1.99. The van der Waals surface area contributed by atoms with E-state index in [1.807, 2.05) is 17.5 Å². The predicted octanol–water partition coefficient (Wildman–Crippen LogP) is 4.26. The van der Waals surface area contributed by atoms with Crippen molar-refractivity contribution in [1.29, 1.82) is 0 Å². The number of alkyl halides is 3. The molecular formula is C11H7ClF3N3S. The quantitative estimate of drug-likeness (QED) is 0.679. The number of aromatic nitrogens is 1. The molecule has 0 radical (unpaired) electrons. The van der Waals surface area contributed by atoms with Crippen molar-refractivity contribution in [2.75, 3.05) is 5.43 Å². The van der Waals surface area contributed by atoms with Crippen LogP contribution in [-0.2, 0) is 6.18 Å². The Labute approximate surface area is 115 Å². The summed E-state index contributed by atoms with van der Waals surface area (Å²) in [6.45, 7) is 0. The Balaban J connectivity index is 2.10. The molecule has 1 N–H and O–H groups in total. The maximum Gasteiger partial charge on any atom is 0.417 e. The molecule has 0 saturated carbocycles. The van der Waals surface area contributed by atoms with Gasteiger partial charge in [-0.25, -0.2) is 4.98 Å². The number of pyridine rings is 1. The van der Waals surface area contributed by atoms with Gasteiger partial charge in [0.25, 0.3) is 0 Å². The number of hydrogen-bond acceptors (Lipinski definition) is 4. The number of nitrogens with one attached hydrogen (secondary N) is 1. The average Bonchev–Trinajstić information content (AvgIpc) is 2.83. The van der Waals surface area contributed by atoms with E-state index in [-0.39, 0.29) is 10.8 Å². The van der Waals surface area contributed by atoms with E-state index < -0.39 is 11.7 Å². The topological polar surface area (TPSA) is 37.3 Å². The van der Waals surface area contributed by atoms with Crippen molar-refractivity contribution in [3.63, 3.8) is 0 Å². The van der Waals surface area contributed by atoms with Crippen molar-refractivity contribution in [2.24, 2.45) is 5.10 Å². The lowest BCUT2D eigenvalue weighted by Gasteiger charge is -2.08. The first-order valence-corrected chi connectivity index (χ1v) is 6.28. The fourth-order valence-electron chi connectivity index (χ4n) is 1.20. The van der Waals surface area contributed by atoms with Gasteiger partial charge in [-0.3, -0.25) is 5.43 Å². The van der Waals surface area contributed by atoms with Crippen LogP contribution in [0.2, 0.25) is 5.02 Å². The molecule has 0 fully saturated rings. The minimum absolute atomic E-state index is 0.0717. The van der Waals surface area contributed by atoms with Crippen molar-refractivity contribution >= 4 is 35.0 Å². The maximum atomic E-state index is 12.4. The van der Waals surface area contributed by atoms with E-state index in [1.54, 1.807) is 0 Å². The van der Waals surface area contributed by atoms with Gasteiger partial charge >= 0.3 is 6.18 Å². The smallest absolute Gasteiger partial charge is 0.260 e. The summed E-state index contributed by atoms with van der Waals surface area (Å²) in [5, 5.41) is 5.58. The molecule has 19 heavy (non-hydrogen) atoms. The molecule has 0 saturated heterocycles. The first-order chi connectivity index (χ1) is 8.97. The van der Waals surface area contributed by atoms with Crippen LogP contribution in [0.3, 0.4) is 0 Å². The maximum absolute atomic E-state index is 12.4. The zero-order valence-electron chi connectivity index (χ0n) is 9.28. The third-order valence-electron chi connectivity index (χ3n) is 2.07. The molecule has 0 atom stereocenters. The molecule has 0 spiro atoms. The van der Waals surface area contributed by atoms with Crippen molar-refractivity contribution in [2.45, 2.75) is 6.18 Å². The second-order valence-electron chi connectivity index (χ2n) is 3.44. The summed E-state index contributed by atoms with van der Waals surface area (Å²) in [6, 6.07) is 4.50. The monoisotopic (exact) mass is 305 g/mol. The van der Waals surface area contributed by atoms with Crippen LogP contribution in [0.5, 0.6) is 0 Å². The summed E-state index contributed by atoms with van der Waals surface area (Å²) in [5.41, 5.74) is 1.60. The molecule has 2 aromatic rings. The van der Waals surface area contributed by atoms with Gasteiger partial charge in [0.1, 0.15) is 0 Å². The predicted molar refractivity (Wildman–Crippen MR) is 69.8 cm³/mol. The van der Waals surface area contributed by atoms with Crippen LogP contribution in [-0.4, -0.2) is 11.2 Å². The second kappa shape index (κ2) is 5.58. The number of nitrogens with zero attached hydrogens (tertiary/aromatic N) is 2. The molecule has 0 bridgehead atoms. The molecule has 8 heteroatoms. The Morgan fingerprint density at radius 2 is 2.21 bits per heavy atom. The number of anilines is 1. The highest BCUT2D eigenvalue weighted by Gasteiger charge is 2.31. The molecule has 0 aliphatic rings. The normalized spacial score (nSPS) is 12.0. The molecule has 0 aromatic carbocycles. The van der Waals surface area contributed by atoms with E-state index in [2.05, 4.69) is 15.5 Å². The molecule has 100 valence electrons. The Kier molecular flexibility index (Phi) is 4.06. The van der Waals surface area contributed by atoms with E-state index in [1.165, 1.54) is 17.6 Å². The summed E-state index contributed by atoms with van der Waals surface area (Å²) in [7, 11) is 0. The van der Waals surface area contributed by atoms with Crippen LogP contribution in [0.4, 0.5) is 19.0 Å². The van der Waals surface area contributed by atoms with Crippen molar-refractivity contribution < 1.29 is 13.2 Å². The first kappa shape index (κ1) is 13.8. The lowest BCUT2D eigenvalue weighted by molar-refractivity contribution is -0.137. The fraction of sp³-hybridized carbons (Fsp3) is 0.0909. The summed E-state index contributed by atoms with van der Waals surface area (Å²) >= 11 is 7.18. The van der Waals surface area contributed by atoms with Crippen LogP contribution in [0, 0.1) is 0 Å². The largest absolute Gasteiger partial charge is 0.417 e. The van der Waals surface area contributed by atoms with Crippen molar-refractivity contribution in [3.8, 4) is 0 Å². The lowest BCUT2D eigenvalue weighted by atomic mass is 10.3. The average molecular weight is 306 g/mol. The number of hydrogen-bond donors (Lipinski definition) is 1. The van der Waals surface area contributed by atoms with E-state index >= 15 is 0 Å². The third-order valence-corrected chi connectivity index (χ3v) is 3.17. The summed E-state index contributed by atoms with van der Waals surface area (Å²) in [6.07, 6.45) is -2.23. The van der Waals surface area contributed by atoms with E-state index in [4.69, 9.17) is 11.6 Å². The summed E-state index contributed by atoms with van der Waals surface area (Å²) in [5.74, 6) is 0.0717. The van der Waals surface area contributed by atoms with Gasteiger partial charge < -0.3 is 0 Å². The van der Waals surface area contributed by atoms with Gasteiger partial charge in [0.05, 0.1) is 16.8 Å². The molecule has 0 aliphatic carbocycles. The Hall–Kier alpha value is -1.60. The van der Waals surface area contributed by atoms with Crippen LogP contribution in [0.15, 0.2) is 34.9 Å². The Morgan fingerprint density at radius 1 is 1.42 bits per heavy atom. The first-order valence-electron chi connectivity index (χ1n) is 5.02. The summed E-state index contributed by atoms with van der Waals surface area (Å²) in [4.78, 5) is 4.49. The highest BCUT2D eigenvalue weighted by atomic mass is 35.5. The SMILES string of the molecule is FC(F)(F)c1cnc(N/N=C\c2cccs2)c(Cl)c1. The van der Waals surface area contributed by atoms with Gasteiger partial charge in [0, 0.05) is 11.1 Å². The molecule has 0 unspecified atom stereocenters. The Bertz CT molecular complexity index is 581. The number of halogens is 4. The van der Waals surface area contributed by atoms with E-state index in [0.29, 0.717) is 6.20 Å². The second-order valence-corrected chi connectivity index (χ2v) is 4.82. The van der Waals surface area contributed by atoms with Gasteiger partial charge in [0.2, 0.25) is 0 Å². The van der Waals surface area contributed by atoms with Crippen LogP contribution in [0.1, 0.15) is 10.4 Å². The third kappa shape index (κ3) is 3.68. The molecular weight excluding hydrogens is 299 g/mol. The minimum Gasteiger partial charge on any atom is -0.260 e. The highest BCUT2D eigenvalue weighted by molar-refractivity contribution is 7.11. The Morgan fingerprint density at radius 3 is 2.79 bits per heavy atom. The number of rotatable bonds is 3. The molecule has 2 rings (SSSR count). The van der Waals surface area contributed by atoms with Gasteiger partial charge in [0.15, 0.2) is 5.82 Å². The zero-order chi connectivity index (χ0) is 13.9. The number of hydrazone groups is 1. The van der Waals surface area contributed by atoms with Crippen molar-refractivity contribution in [1.82, 2.24) is 4.98 Å². The van der Waals surface area contributed by atoms with Crippen LogP contribution >= 0.6 is 22.9 Å². The summed E-state index contributed by atoms with van der Waals surface area (Å²) < 4.78 is 37.2. The molecule has 3 nitrogen and oxygen atoms in total. The van der Waals surface area contributed by atoms with E-state index in [0.717, 1.165) is 10.9 Å². The van der Waals surface area contributed by atoms with Gasteiger partial charge in [-0.2, -0.15) is 18.3 Å². The van der Waals surface area contributed by atoms with E-state index in [9.17, 15) is 13.2 Å². The minimum atomic E-state index is -4.46. The zero-order valence-corrected chi connectivity index (χ0v) is 10.9. The van der Waals surface area contributed by atoms with Gasteiger partial charge in [-0.05, 0) is 17.5 Å². The van der Waals surface area contributed by atoms with Crippen LogP contribution < -0.4 is 5.43 Å². The number of thiophene rings is 1. The molecule has 0 aliphatic heterocycles.